The Morgan fingerprint density at radius 2 is 2.02 bits per heavy atom. The lowest BCUT2D eigenvalue weighted by atomic mass is 10.1. The van der Waals surface area contributed by atoms with Crippen LogP contribution in [0.2, 0.25) is 0 Å². The summed E-state index contributed by atoms with van der Waals surface area (Å²) in [5.41, 5.74) is -1.34. The molecule has 1 saturated heterocycles. The fraction of sp³-hybridized carbons (Fsp3) is 0.452. The highest BCUT2D eigenvalue weighted by Crippen LogP contribution is 2.45. The van der Waals surface area contributed by atoms with Gasteiger partial charge in [-0.3, -0.25) is 9.59 Å². The second-order valence-corrected chi connectivity index (χ2v) is 11.3. The Labute approximate surface area is 243 Å². The van der Waals surface area contributed by atoms with Crippen LogP contribution in [0.15, 0.2) is 54.9 Å². The van der Waals surface area contributed by atoms with Gasteiger partial charge in [-0.05, 0) is 61.4 Å². The molecule has 42 heavy (non-hydrogen) atoms. The molecular weight excluding hydrogens is 538 g/mol. The number of benzene rings is 1. The van der Waals surface area contributed by atoms with E-state index in [0.717, 1.165) is 42.9 Å². The van der Waals surface area contributed by atoms with E-state index in [9.17, 15) is 19.5 Å². The summed E-state index contributed by atoms with van der Waals surface area (Å²) >= 11 is 0. The number of carboxylic acid groups (broad SMARTS) is 1. The highest BCUT2D eigenvalue weighted by Gasteiger charge is 2.61. The van der Waals surface area contributed by atoms with Gasteiger partial charge in [-0.1, -0.05) is 25.0 Å². The van der Waals surface area contributed by atoms with Gasteiger partial charge in [0.05, 0.1) is 13.7 Å². The first-order valence-electron chi connectivity index (χ1n) is 14.5. The highest BCUT2D eigenvalue weighted by molar-refractivity contribution is 5.95. The van der Waals surface area contributed by atoms with Crippen LogP contribution >= 0.6 is 0 Å². The van der Waals surface area contributed by atoms with Crippen LogP contribution in [0.3, 0.4) is 0 Å². The van der Waals surface area contributed by atoms with Crippen LogP contribution in [0.5, 0.6) is 11.6 Å². The zero-order valence-electron chi connectivity index (χ0n) is 23.6. The maximum absolute atomic E-state index is 13.6. The third-order valence-corrected chi connectivity index (χ3v) is 8.52. The van der Waals surface area contributed by atoms with Crippen molar-refractivity contribution in [3.63, 3.8) is 0 Å². The van der Waals surface area contributed by atoms with E-state index < -0.39 is 29.6 Å². The van der Waals surface area contributed by atoms with E-state index in [2.05, 4.69) is 10.4 Å². The molecule has 0 spiro atoms. The van der Waals surface area contributed by atoms with Crippen LogP contribution in [0.4, 0.5) is 0 Å². The molecule has 1 aromatic carbocycles. The summed E-state index contributed by atoms with van der Waals surface area (Å²) in [6.45, 7) is 0.200. The molecule has 3 aromatic rings. The summed E-state index contributed by atoms with van der Waals surface area (Å²) < 4.78 is 13.5. The summed E-state index contributed by atoms with van der Waals surface area (Å²) in [5, 5.41) is 18.7. The van der Waals surface area contributed by atoms with Crippen molar-refractivity contribution < 1.29 is 29.0 Å². The maximum Gasteiger partial charge on any atom is 0.330 e. The number of hydrogen-bond acceptors (Lipinski definition) is 7. The number of nitrogens with zero attached hydrogens (tertiary/aromatic N) is 4. The molecule has 2 fully saturated rings. The lowest BCUT2D eigenvalue weighted by Gasteiger charge is -2.25. The van der Waals surface area contributed by atoms with Crippen LogP contribution in [0.1, 0.15) is 51.4 Å². The molecule has 220 valence electrons. The van der Waals surface area contributed by atoms with Crippen molar-refractivity contribution in [1.82, 2.24) is 25.0 Å². The van der Waals surface area contributed by atoms with E-state index in [1.807, 2.05) is 36.4 Å². The largest absolute Gasteiger partial charge is 0.497 e. The molecule has 2 amide bonds. The van der Waals surface area contributed by atoms with Crippen LogP contribution in [-0.2, 0) is 14.4 Å². The summed E-state index contributed by atoms with van der Waals surface area (Å²) in [6, 6.07) is 8.43. The van der Waals surface area contributed by atoms with Crippen molar-refractivity contribution in [2.45, 2.75) is 69.1 Å². The first-order valence-corrected chi connectivity index (χ1v) is 14.5. The van der Waals surface area contributed by atoms with E-state index in [1.54, 1.807) is 35.2 Å². The molecule has 2 aliphatic heterocycles. The van der Waals surface area contributed by atoms with Crippen molar-refractivity contribution >= 4 is 28.6 Å². The van der Waals surface area contributed by atoms with Gasteiger partial charge in [-0.15, -0.1) is 0 Å². The fourth-order valence-electron chi connectivity index (χ4n) is 6.06. The second-order valence-electron chi connectivity index (χ2n) is 11.3. The number of allylic oxidation sites excluding steroid dienone is 1. The molecule has 0 radical (unpaired) electrons. The predicted molar refractivity (Wildman–Crippen MR) is 153 cm³/mol. The van der Waals surface area contributed by atoms with Gasteiger partial charge in [0.2, 0.25) is 17.7 Å². The van der Waals surface area contributed by atoms with E-state index in [0.29, 0.717) is 30.3 Å². The van der Waals surface area contributed by atoms with Crippen LogP contribution in [0, 0.1) is 5.92 Å². The van der Waals surface area contributed by atoms with Gasteiger partial charge in [0.1, 0.15) is 23.4 Å². The SMILES string of the molecule is COc1ccc2c(O[C@@H]3CC4C(=O)N[C@]5(C(=O)O)C[C@H]5C=CCCCCCCC(=O)N4C3)nc(-n3cccn3)cc2c1. The van der Waals surface area contributed by atoms with Gasteiger partial charge in [-0.2, -0.15) is 10.1 Å². The number of aliphatic carboxylic acids is 1. The summed E-state index contributed by atoms with van der Waals surface area (Å²) in [4.78, 5) is 45.6. The molecule has 11 heteroatoms. The monoisotopic (exact) mass is 573 g/mol. The quantitative estimate of drug-likeness (QED) is 0.442. The van der Waals surface area contributed by atoms with Crippen LogP contribution < -0.4 is 14.8 Å². The Bertz CT molecular complexity index is 1520. The number of aromatic nitrogens is 3. The standard InChI is InChI=1S/C31H35N5O6/c1-41-22-11-12-24-20(15-22)16-26(36-14-8-13-32-36)33-29(24)42-23-17-25-28(38)34-31(30(39)40)18-21(31)9-6-4-2-3-5-7-10-27(37)35(25)19-23/h6,8-9,11-16,21,23,25H,2-5,7,10,17-19H2,1H3,(H,34,38)(H,39,40)/t21-,23-,25?,31-/m1/s1. The van der Waals surface area contributed by atoms with Gasteiger partial charge in [0.25, 0.3) is 0 Å². The third-order valence-electron chi connectivity index (χ3n) is 8.52. The average Bonchev–Trinajstić information content (AvgIpc) is 3.31. The smallest absolute Gasteiger partial charge is 0.330 e. The lowest BCUT2D eigenvalue weighted by molar-refractivity contribution is -0.145. The predicted octanol–water partition coefficient (Wildman–Crippen LogP) is 3.65. The molecule has 1 unspecified atom stereocenters. The highest BCUT2D eigenvalue weighted by atomic mass is 16.5. The Kier molecular flexibility index (Phi) is 7.57. The lowest BCUT2D eigenvalue weighted by Crippen LogP contribution is -2.53. The minimum atomic E-state index is -1.34. The topological polar surface area (TPSA) is 136 Å². The third kappa shape index (κ3) is 5.43. The van der Waals surface area contributed by atoms with Crippen LogP contribution in [0.25, 0.3) is 16.6 Å². The van der Waals surface area contributed by atoms with Crippen molar-refractivity contribution in [3.05, 3.63) is 54.9 Å². The average molecular weight is 574 g/mol. The molecule has 4 atom stereocenters. The van der Waals surface area contributed by atoms with E-state index in [4.69, 9.17) is 14.5 Å². The first kappa shape index (κ1) is 27.7. The number of carbonyl (C=O) groups excluding carboxylic acids is 2. The molecule has 2 N–H and O–H groups in total. The number of ether oxygens (including phenoxy) is 2. The summed E-state index contributed by atoms with van der Waals surface area (Å²) in [7, 11) is 1.60. The molecule has 2 aromatic heterocycles. The second kappa shape index (κ2) is 11.5. The minimum absolute atomic E-state index is 0.126. The number of methoxy groups -OCH3 is 1. The van der Waals surface area contributed by atoms with Crippen molar-refractivity contribution in [2.24, 2.45) is 5.92 Å². The molecule has 11 nitrogen and oxygen atoms in total. The van der Waals surface area contributed by atoms with Gasteiger partial charge < -0.3 is 24.8 Å². The number of hydrogen-bond donors (Lipinski definition) is 2. The summed E-state index contributed by atoms with van der Waals surface area (Å²) in [6.07, 6.45) is 12.2. The molecule has 3 aliphatic rings. The molecule has 4 heterocycles. The molecular formula is C31H35N5O6. The van der Waals surface area contributed by atoms with Crippen molar-refractivity contribution in [3.8, 4) is 17.4 Å². The normalized spacial score (nSPS) is 26.5. The Morgan fingerprint density at radius 1 is 1.17 bits per heavy atom. The van der Waals surface area contributed by atoms with Gasteiger partial charge in [-0.25, -0.2) is 9.48 Å². The number of carbonyl (C=O) groups is 3. The first-order chi connectivity index (χ1) is 20.4. The van der Waals surface area contributed by atoms with Crippen molar-refractivity contribution in [2.75, 3.05) is 13.7 Å². The van der Waals surface area contributed by atoms with Crippen molar-refractivity contribution in [1.29, 1.82) is 0 Å². The summed E-state index contributed by atoms with van der Waals surface area (Å²) in [5.74, 6) is -0.321. The number of carboxylic acids is 1. The van der Waals surface area contributed by atoms with E-state index >= 15 is 0 Å². The number of pyridine rings is 1. The number of fused-ring (bicyclic) bond motifs is 3. The molecule has 6 rings (SSSR count). The minimum Gasteiger partial charge on any atom is -0.497 e. The maximum atomic E-state index is 13.6. The zero-order chi connectivity index (χ0) is 29.3. The Morgan fingerprint density at radius 3 is 2.81 bits per heavy atom. The van der Waals surface area contributed by atoms with E-state index in [1.165, 1.54) is 0 Å². The number of nitrogens with one attached hydrogen (secondary N) is 1. The van der Waals surface area contributed by atoms with Crippen LogP contribution in [-0.4, -0.2) is 73.9 Å². The van der Waals surface area contributed by atoms with Gasteiger partial charge >= 0.3 is 5.97 Å². The van der Waals surface area contributed by atoms with E-state index in [-0.39, 0.29) is 24.8 Å². The van der Waals surface area contributed by atoms with Gasteiger partial charge in [0.15, 0.2) is 5.82 Å². The number of amides is 2. The molecule has 1 saturated carbocycles. The van der Waals surface area contributed by atoms with Gasteiger partial charge in [0, 0.05) is 36.5 Å². The Hall–Kier alpha value is -4.41. The molecule has 0 bridgehead atoms. The molecule has 1 aliphatic carbocycles. The number of rotatable bonds is 5. The zero-order valence-corrected chi connectivity index (χ0v) is 23.6. The Balaban J connectivity index is 1.29. The fourth-order valence-corrected chi connectivity index (χ4v) is 6.06.